The first-order valence-electron chi connectivity index (χ1n) is 38.2. The minimum Gasteiger partial charge on any atom is -0.394 e. The van der Waals surface area contributed by atoms with Crippen LogP contribution in [0.2, 0.25) is 0 Å². The van der Waals surface area contributed by atoms with Gasteiger partial charge in [-0.2, -0.15) is 0 Å². The molecule has 0 aromatic heterocycles. The molecule has 2 rings (SSSR count). The quantitative estimate of drug-likeness (QED) is 0.0204. The minimum atomic E-state index is -1.79. The highest BCUT2D eigenvalue weighted by molar-refractivity contribution is 5.76. The number of ether oxygens (including phenoxy) is 4. The molecule has 2 fully saturated rings. The van der Waals surface area contributed by atoms with Crippen LogP contribution in [0.25, 0.3) is 0 Å². The summed E-state index contributed by atoms with van der Waals surface area (Å²) in [7, 11) is 0. The predicted octanol–water partition coefficient (Wildman–Crippen LogP) is 16.6. The molecule has 2 saturated heterocycles. The minimum absolute atomic E-state index is 0.234. The molecule has 14 heteroatoms. The molecule has 92 heavy (non-hydrogen) atoms. The molecule has 0 aromatic rings. The molecule has 9 N–H and O–H groups in total. The van der Waals surface area contributed by atoms with E-state index in [0.717, 1.165) is 70.6 Å². The molecular formula is C78H141NO13. The maximum Gasteiger partial charge on any atom is 0.220 e. The summed E-state index contributed by atoms with van der Waals surface area (Å²) < 4.78 is 22.9. The summed E-state index contributed by atoms with van der Waals surface area (Å²) in [6, 6.07) is -0.916. The van der Waals surface area contributed by atoms with Crippen LogP contribution < -0.4 is 5.32 Å². The molecule has 1 amide bonds. The van der Waals surface area contributed by atoms with Gasteiger partial charge in [0.25, 0.3) is 0 Å². The lowest BCUT2D eigenvalue weighted by Gasteiger charge is -2.46. The molecule has 0 saturated carbocycles. The van der Waals surface area contributed by atoms with E-state index in [0.29, 0.717) is 6.42 Å². The number of allylic oxidation sites excluding steroid dienone is 11. The highest BCUT2D eigenvalue weighted by Gasteiger charge is 2.51. The summed E-state index contributed by atoms with van der Waals surface area (Å²) in [6.45, 7) is 2.73. The fraction of sp³-hybridized carbons (Fsp3) is 0.833. The predicted molar refractivity (Wildman–Crippen MR) is 378 cm³/mol. The number of rotatable bonds is 63. The summed E-state index contributed by atoms with van der Waals surface area (Å²) in [6.07, 6.45) is 68.3. The number of carbonyl (C=O) groups is 1. The van der Waals surface area contributed by atoms with Crippen molar-refractivity contribution in [2.24, 2.45) is 0 Å². The SMILES string of the molecule is CC/C=C\C/C=C\C/C=C\C/C=C\C/C=C\CCCCCCCCCCCCCCCCCCCCCCCC(=O)NC(COC1OC(CO)C(OC2OC(CO)C(O)C(O)C2O)C(O)C1O)C(O)/C=C/CCCCCCCCCCCCCCCCCCCCC. The van der Waals surface area contributed by atoms with Crippen molar-refractivity contribution in [3.63, 3.8) is 0 Å². The summed E-state index contributed by atoms with van der Waals surface area (Å²) in [5.41, 5.74) is 0. The van der Waals surface area contributed by atoms with E-state index >= 15 is 0 Å². The number of amides is 1. The molecule has 12 atom stereocenters. The first-order chi connectivity index (χ1) is 45.1. The van der Waals surface area contributed by atoms with Gasteiger partial charge in [-0.25, -0.2) is 0 Å². The van der Waals surface area contributed by atoms with Gasteiger partial charge in [-0.15, -0.1) is 0 Å². The lowest BCUT2D eigenvalue weighted by Crippen LogP contribution is -2.65. The van der Waals surface area contributed by atoms with E-state index in [9.17, 15) is 45.6 Å². The van der Waals surface area contributed by atoms with Crippen molar-refractivity contribution in [1.29, 1.82) is 0 Å². The second-order valence-corrected chi connectivity index (χ2v) is 26.8. The van der Waals surface area contributed by atoms with E-state index in [1.165, 1.54) is 225 Å². The molecule has 0 aliphatic carbocycles. The molecule has 2 aliphatic heterocycles. The summed E-state index contributed by atoms with van der Waals surface area (Å²) in [4.78, 5) is 13.4. The Balaban J connectivity index is 1.60. The van der Waals surface area contributed by atoms with Crippen LogP contribution in [-0.2, 0) is 23.7 Å². The lowest BCUT2D eigenvalue weighted by atomic mass is 9.97. The molecular weight excluding hydrogens is 1160 g/mol. The van der Waals surface area contributed by atoms with E-state index < -0.39 is 86.8 Å². The van der Waals surface area contributed by atoms with Crippen LogP contribution in [0.5, 0.6) is 0 Å². The summed E-state index contributed by atoms with van der Waals surface area (Å²) >= 11 is 0. The third-order valence-electron chi connectivity index (χ3n) is 18.4. The van der Waals surface area contributed by atoms with Crippen LogP contribution in [0.15, 0.2) is 72.9 Å². The highest BCUT2D eigenvalue weighted by atomic mass is 16.7. The molecule has 12 unspecified atom stereocenters. The number of hydrogen-bond acceptors (Lipinski definition) is 13. The average molecular weight is 1300 g/mol. The number of aliphatic hydroxyl groups is 8. The van der Waals surface area contributed by atoms with E-state index in [4.69, 9.17) is 18.9 Å². The Hall–Kier alpha value is -2.57. The normalized spacial score (nSPS) is 23.1. The smallest absolute Gasteiger partial charge is 0.220 e. The first-order valence-corrected chi connectivity index (χ1v) is 38.2. The van der Waals surface area contributed by atoms with E-state index in [1.807, 2.05) is 6.08 Å². The second-order valence-electron chi connectivity index (χ2n) is 26.8. The number of hydrogen-bond donors (Lipinski definition) is 9. The lowest BCUT2D eigenvalue weighted by molar-refractivity contribution is -0.359. The molecule has 0 spiro atoms. The van der Waals surface area contributed by atoms with Crippen molar-refractivity contribution in [3.8, 4) is 0 Å². The van der Waals surface area contributed by atoms with Crippen LogP contribution in [0, 0.1) is 0 Å². The monoisotopic (exact) mass is 1300 g/mol. The Bertz CT molecular complexity index is 1820. The first kappa shape index (κ1) is 85.5. The van der Waals surface area contributed by atoms with E-state index in [2.05, 4.69) is 79.9 Å². The Labute approximate surface area is 561 Å². The van der Waals surface area contributed by atoms with Gasteiger partial charge in [-0.05, 0) is 64.2 Å². The van der Waals surface area contributed by atoms with Crippen LogP contribution >= 0.6 is 0 Å². The number of carbonyl (C=O) groups excluding carboxylic acids is 1. The van der Waals surface area contributed by atoms with Crippen LogP contribution in [0.3, 0.4) is 0 Å². The van der Waals surface area contributed by atoms with Gasteiger partial charge >= 0.3 is 0 Å². The number of aliphatic hydroxyl groups excluding tert-OH is 8. The fourth-order valence-corrected chi connectivity index (χ4v) is 12.4. The average Bonchev–Trinajstić information content (AvgIpc) is 0.915. The van der Waals surface area contributed by atoms with Gasteiger partial charge in [0.2, 0.25) is 5.91 Å². The zero-order valence-corrected chi connectivity index (χ0v) is 58.5. The van der Waals surface area contributed by atoms with E-state index in [1.54, 1.807) is 6.08 Å². The topological polar surface area (TPSA) is 228 Å². The van der Waals surface area contributed by atoms with Gasteiger partial charge in [0.05, 0.1) is 32.0 Å². The van der Waals surface area contributed by atoms with Crippen LogP contribution in [0.4, 0.5) is 0 Å². The summed E-state index contributed by atoms with van der Waals surface area (Å²) in [5, 5.41) is 87.6. The molecule has 14 nitrogen and oxygen atoms in total. The van der Waals surface area contributed by atoms with Gasteiger partial charge in [0.1, 0.15) is 48.8 Å². The van der Waals surface area contributed by atoms with Crippen molar-refractivity contribution >= 4 is 5.91 Å². The zero-order chi connectivity index (χ0) is 66.6. The van der Waals surface area contributed by atoms with E-state index in [-0.39, 0.29) is 18.9 Å². The maximum atomic E-state index is 13.4. The second kappa shape index (κ2) is 62.0. The van der Waals surface area contributed by atoms with Crippen LogP contribution in [0.1, 0.15) is 322 Å². The molecule has 0 radical (unpaired) electrons. The Morgan fingerprint density at radius 2 is 0.750 bits per heavy atom. The highest BCUT2D eigenvalue weighted by Crippen LogP contribution is 2.30. The number of unbranched alkanes of at least 4 members (excludes halogenated alkanes) is 40. The van der Waals surface area contributed by atoms with Crippen molar-refractivity contribution in [2.45, 2.75) is 396 Å². The Morgan fingerprint density at radius 1 is 0.402 bits per heavy atom. The van der Waals surface area contributed by atoms with Crippen molar-refractivity contribution < 1.29 is 64.6 Å². The van der Waals surface area contributed by atoms with Gasteiger partial charge in [-0.3, -0.25) is 4.79 Å². The van der Waals surface area contributed by atoms with Crippen LogP contribution in [-0.4, -0.2) is 140 Å². The molecule has 536 valence electrons. The molecule has 0 aromatic carbocycles. The van der Waals surface area contributed by atoms with Crippen molar-refractivity contribution in [3.05, 3.63) is 72.9 Å². The van der Waals surface area contributed by atoms with Gasteiger partial charge < -0.3 is 65.1 Å². The van der Waals surface area contributed by atoms with Gasteiger partial charge in [0, 0.05) is 6.42 Å². The molecule has 0 bridgehead atoms. The third-order valence-corrected chi connectivity index (χ3v) is 18.4. The zero-order valence-electron chi connectivity index (χ0n) is 58.5. The van der Waals surface area contributed by atoms with Gasteiger partial charge in [-0.1, -0.05) is 324 Å². The summed E-state index contributed by atoms with van der Waals surface area (Å²) in [5.74, 6) is -0.234. The standard InChI is InChI=1S/C78H141NO13/c1-3-5-7-9-11-13-15-17-19-21-23-25-26-27-28-29-30-31-32-33-34-35-36-37-38-39-40-42-44-46-48-50-52-54-56-58-60-62-70(83)79-66(67(82)61-59-57-55-53-51-49-47-45-43-41-24-22-20-18-16-14-12-10-8-6-4-2)65-89-77-75(88)73(86)76(69(64-81)91-77)92-78-74(87)72(85)71(84)68(63-80)90-78/h5,7,11,13,17,19,23,25,27-28,59,61,66-69,71-78,80-82,84-88H,3-4,6,8-10,12,14-16,18,20-22,24,26,29-58,60,62-65H2,1-2H3,(H,79,83)/b7-5-,13-11-,19-17-,25-23-,28-27-,61-59+. The van der Waals surface area contributed by atoms with Gasteiger partial charge in [0.15, 0.2) is 12.6 Å². The largest absolute Gasteiger partial charge is 0.394 e. The Kier molecular flexibility index (Phi) is 57.6. The van der Waals surface area contributed by atoms with Crippen molar-refractivity contribution in [2.75, 3.05) is 19.8 Å². The Morgan fingerprint density at radius 3 is 1.15 bits per heavy atom. The molecule has 2 aliphatic rings. The third kappa shape index (κ3) is 45.0. The maximum absolute atomic E-state index is 13.4. The van der Waals surface area contributed by atoms with Crippen molar-refractivity contribution in [1.82, 2.24) is 5.32 Å². The number of nitrogens with one attached hydrogen (secondary N) is 1. The fourth-order valence-electron chi connectivity index (χ4n) is 12.4. The molecule has 2 heterocycles.